The summed E-state index contributed by atoms with van der Waals surface area (Å²) >= 11 is 0. The smallest absolute Gasteiger partial charge is 0.387 e. The molecule has 124 valence electrons. The van der Waals surface area contributed by atoms with Crippen molar-refractivity contribution in [1.82, 2.24) is 9.88 Å². The lowest BCUT2D eigenvalue weighted by Crippen LogP contribution is -2.33. The molecule has 2 unspecified atom stereocenters. The molecule has 0 aliphatic heterocycles. The lowest BCUT2D eigenvalue weighted by molar-refractivity contribution is -0.124. The first kappa shape index (κ1) is 17.0. The molecule has 0 aliphatic carbocycles. The number of carbonyl (C=O) groups excluding carboxylic acids is 1. The number of hydrogen-bond donors (Lipinski definition) is 2. The predicted molar refractivity (Wildman–Crippen MR) is 80.2 cm³/mol. The van der Waals surface area contributed by atoms with Crippen LogP contribution in [0.5, 0.6) is 5.75 Å². The van der Waals surface area contributed by atoms with Crippen molar-refractivity contribution in [3.63, 3.8) is 0 Å². The summed E-state index contributed by atoms with van der Waals surface area (Å²) in [5.74, 6) is -0.288. The van der Waals surface area contributed by atoms with Crippen molar-refractivity contribution in [1.29, 1.82) is 0 Å². The largest absolute Gasteiger partial charge is 0.435 e. The van der Waals surface area contributed by atoms with Gasteiger partial charge in [0.05, 0.1) is 6.10 Å². The number of carbonyl (C=O) groups is 1. The van der Waals surface area contributed by atoms with E-state index in [4.69, 9.17) is 0 Å². The molecule has 2 rings (SSSR count). The SMILES string of the molecule is CC(C(=O)NCC(O)c1cccc(OC(F)F)c1)n1cccc1. The molecule has 0 aliphatic rings. The summed E-state index contributed by atoms with van der Waals surface area (Å²) in [6.07, 6.45) is 2.52. The molecule has 7 heteroatoms. The molecule has 1 aromatic carbocycles. The zero-order chi connectivity index (χ0) is 16.8. The zero-order valence-electron chi connectivity index (χ0n) is 12.5. The van der Waals surface area contributed by atoms with Crippen molar-refractivity contribution in [2.24, 2.45) is 0 Å². The monoisotopic (exact) mass is 324 g/mol. The van der Waals surface area contributed by atoms with Crippen LogP contribution in [-0.4, -0.2) is 28.7 Å². The highest BCUT2D eigenvalue weighted by atomic mass is 19.3. The molecule has 1 aromatic heterocycles. The third-order valence-corrected chi connectivity index (χ3v) is 3.39. The Morgan fingerprint density at radius 2 is 2.00 bits per heavy atom. The number of hydrogen-bond acceptors (Lipinski definition) is 3. The fraction of sp³-hybridized carbons (Fsp3) is 0.312. The van der Waals surface area contributed by atoms with E-state index in [1.54, 1.807) is 30.0 Å². The Labute approximate surface area is 132 Å². The fourth-order valence-corrected chi connectivity index (χ4v) is 2.10. The highest BCUT2D eigenvalue weighted by Crippen LogP contribution is 2.20. The number of aliphatic hydroxyl groups excluding tert-OH is 1. The maximum atomic E-state index is 12.2. The van der Waals surface area contributed by atoms with E-state index in [2.05, 4.69) is 10.1 Å². The van der Waals surface area contributed by atoms with Crippen LogP contribution in [-0.2, 0) is 4.79 Å². The molecule has 0 saturated carbocycles. The lowest BCUT2D eigenvalue weighted by atomic mass is 10.1. The topological polar surface area (TPSA) is 63.5 Å². The van der Waals surface area contributed by atoms with Gasteiger partial charge in [0, 0.05) is 18.9 Å². The fourth-order valence-electron chi connectivity index (χ4n) is 2.10. The number of aromatic nitrogens is 1. The van der Waals surface area contributed by atoms with Crippen molar-refractivity contribution in [2.45, 2.75) is 25.7 Å². The van der Waals surface area contributed by atoms with Gasteiger partial charge in [-0.3, -0.25) is 4.79 Å². The molecule has 2 N–H and O–H groups in total. The van der Waals surface area contributed by atoms with Crippen molar-refractivity contribution >= 4 is 5.91 Å². The first-order valence-corrected chi connectivity index (χ1v) is 7.10. The van der Waals surface area contributed by atoms with Gasteiger partial charge in [-0.15, -0.1) is 0 Å². The highest BCUT2D eigenvalue weighted by Gasteiger charge is 2.16. The molecular weight excluding hydrogens is 306 g/mol. The van der Waals surface area contributed by atoms with Crippen molar-refractivity contribution in [3.05, 3.63) is 54.4 Å². The molecule has 0 spiro atoms. The van der Waals surface area contributed by atoms with E-state index in [0.29, 0.717) is 5.56 Å². The molecule has 1 heterocycles. The number of benzene rings is 1. The Balaban J connectivity index is 1.91. The van der Waals surface area contributed by atoms with E-state index in [9.17, 15) is 18.7 Å². The molecule has 2 aromatic rings. The first-order chi connectivity index (χ1) is 11.0. The Hall–Kier alpha value is -2.41. The number of ether oxygens (including phenoxy) is 1. The Morgan fingerprint density at radius 3 is 2.65 bits per heavy atom. The van der Waals surface area contributed by atoms with Gasteiger partial charge >= 0.3 is 6.61 Å². The number of halogens is 2. The first-order valence-electron chi connectivity index (χ1n) is 7.10. The van der Waals surface area contributed by atoms with E-state index < -0.39 is 18.8 Å². The molecule has 0 saturated heterocycles. The number of nitrogens with one attached hydrogen (secondary N) is 1. The summed E-state index contributed by atoms with van der Waals surface area (Å²) in [7, 11) is 0. The van der Waals surface area contributed by atoms with Gasteiger partial charge in [-0.25, -0.2) is 0 Å². The average Bonchev–Trinajstić information content (AvgIpc) is 3.05. The Bertz CT molecular complexity index is 632. The quantitative estimate of drug-likeness (QED) is 0.822. The summed E-state index contributed by atoms with van der Waals surface area (Å²) in [6.45, 7) is -1.22. The van der Waals surface area contributed by atoms with Crippen molar-refractivity contribution in [3.8, 4) is 5.75 Å². The molecule has 0 fully saturated rings. The molecular formula is C16H18F2N2O3. The van der Waals surface area contributed by atoms with Crippen LogP contribution in [0.15, 0.2) is 48.8 Å². The highest BCUT2D eigenvalue weighted by molar-refractivity contribution is 5.79. The Morgan fingerprint density at radius 1 is 1.30 bits per heavy atom. The standard InChI is InChI=1S/C16H18F2N2O3/c1-11(20-7-2-3-8-20)15(22)19-10-14(21)12-5-4-6-13(9-12)23-16(17)18/h2-9,11,14,16,21H,10H2,1H3,(H,19,22). The number of amides is 1. The number of aliphatic hydroxyl groups is 1. The second-order valence-corrected chi connectivity index (χ2v) is 5.02. The van der Waals surface area contributed by atoms with Gasteiger partial charge in [0.15, 0.2) is 0 Å². The van der Waals surface area contributed by atoms with Crippen LogP contribution in [0.4, 0.5) is 8.78 Å². The number of rotatable bonds is 7. The molecule has 1 amide bonds. The van der Waals surface area contributed by atoms with Crippen molar-refractivity contribution < 1.29 is 23.4 Å². The third-order valence-electron chi connectivity index (χ3n) is 3.39. The van der Waals surface area contributed by atoms with E-state index in [1.165, 1.54) is 18.2 Å². The minimum absolute atomic E-state index is 0.0252. The van der Waals surface area contributed by atoms with E-state index in [1.807, 2.05) is 12.1 Å². The zero-order valence-corrected chi connectivity index (χ0v) is 12.5. The summed E-state index contributed by atoms with van der Waals surface area (Å²) < 4.78 is 30.4. The minimum Gasteiger partial charge on any atom is -0.435 e. The maximum absolute atomic E-state index is 12.2. The van der Waals surface area contributed by atoms with Crippen LogP contribution in [0.25, 0.3) is 0 Å². The average molecular weight is 324 g/mol. The molecule has 23 heavy (non-hydrogen) atoms. The summed E-state index contributed by atoms with van der Waals surface area (Å²) in [5.41, 5.74) is 0.386. The van der Waals surface area contributed by atoms with Crippen LogP contribution in [0.3, 0.4) is 0 Å². The molecule has 5 nitrogen and oxygen atoms in total. The van der Waals surface area contributed by atoms with Crippen molar-refractivity contribution in [2.75, 3.05) is 6.54 Å². The van der Waals surface area contributed by atoms with E-state index in [-0.39, 0.29) is 18.2 Å². The van der Waals surface area contributed by atoms with Gasteiger partial charge in [0.25, 0.3) is 0 Å². The Kier molecular flexibility index (Phi) is 5.70. The van der Waals surface area contributed by atoms with Crippen LogP contribution >= 0.6 is 0 Å². The van der Waals surface area contributed by atoms with E-state index in [0.717, 1.165) is 0 Å². The van der Waals surface area contributed by atoms with Gasteiger partial charge in [-0.2, -0.15) is 8.78 Å². The summed E-state index contributed by atoms with van der Waals surface area (Å²) in [6, 6.07) is 8.98. The van der Waals surface area contributed by atoms with Crippen LogP contribution in [0, 0.1) is 0 Å². The van der Waals surface area contributed by atoms with E-state index >= 15 is 0 Å². The van der Waals surface area contributed by atoms with Gasteiger partial charge in [-0.05, 0) is 36.8 Å². The number of nitrogens with zero attached hydrogens (tertiary/aromatic N) is 1. The second kappa shape index (κ2) is 7.73. The molecule has 2 atom stereocenters. The van der Waals surface area contributed by atoms with Gasteiger partial charge in [0.1, 0.15) is 11.8 Å². The normalized spacial score (nSPS) is 13.6. The van der Waals surface area contributed by atoms with Gasteiger partial charge in [0.2, 0.25) is 5.91 Å². The lowest BCUT2D eigenvalue weighted by Gasteiger charge is -2.17. The number of alkyl halides is 2. The van der Waals surface area contributed by atoms with Gasteiger partial charge in [-0.1, -0.05) is 12.1 Å². The second-order valence-electron chi connectivity index (χ2n) is 5.02. The maximum Gasteiger partial charge on any atom is 0.387 e. The van der Waals surface area contributed by atoms with Crippen LogP contribution in [0.1, 0.15) is 24.6 Å². The molecule has 0 radical (unpaired) electrons. The van der Waals surface area contributed by atoms with Gasteiger partial charge < -0.3 is 19.7 Å². The van der Waals surface area contributed by atoms with Crippen LogP contribution in [0.2, 0.25) is 0 Å². The predicted octanol–water partition coefficient (Wildman–Crippen LogP) is 2.50. The molecule has 0 bridgehead atoms. The summed E-state index contributed by atoms with van der Waals surface area (Å²) in [5, 5.41) is 12.7. The summed E-state index contributed by atoms with van der Waals surface area (Å²) in [4.78, 5) is 12.0. The van der Waals surface area contributed by atoms with Crippen LogP contribution < -0.4 is 10.1 Å². The third kappa shape index (κ3) is 4.79. The minimum atomic E-state index is -2.93.